The molecule has 1 aliphatic rings. The first-order valence-electron chi connectivity index (χ1n) is 11.5. The minimum absolute atomic E-state index is 0.0415. The highest BCUT2D eigenvalue weighted by Crippen LogP contribution is 2.37. The van der Waals surface area contributed by atoms with Crippen molar-refractivity contribution in [1.29, 1.82) is 0 Å². The number of benzene rings is 2. The summed E-state index contributed by atoms with van der Waals surface area (Å²) in [5.41, 5.74) is 2.56. The van der Waals surface area contributed by atoms with Gasteiger partial charge in [-0.2, -0.15) is 0 Å². The predicted octanol–water partition coefficient (Wildman–Crippen LogP) is 4.70. The van der Waals surface area contributed by atoms with E-state index in [1.807, 2.05) is 36.1 Å². The van der Waals surface area contributed by atoms with Gasteiger partial charge in [0.05, 0.1) is 12.5 Å². The summed E-state index contributed by atoms with van der Waals surface area (Å²) in [7, 11) is 1.68. The third-order valence-electron chi connectivity index (χ3n) is 6.12. The number of hydrogen-bond acceptors (Lipinski definition) is 3. The number of methoxy groups -OCH3 is 1. The molecule has 0 spiro atoms. The van der Waals surface area contributed by atoms with E-state index in [9.17, 15) is 9.59 Å². The average molecular weight is 437 g/mol. The highest BCUT2D eigenvalue weighted by Gasteiger charge is 2.46. The van der Waals surface area contributed by atoms with Crippen LogP contribution in [0.1, 0.15) is 46.1 Å². The Morgan fingerprint density at radius 1 is 1.09 bits per heavy atom. The molecule has 0 aliphatic carbocycles. The Bertz CT molecular complexity index is 946. The van der Waals surface area contributed by atoms with Crippen molar-refractivity contribution in [2.75, 3.05) is 26.7 Å². The molecule has 1 aliphatic heterocycles. The smallest absolute Gasteiger partial charge is 0.228 e. The van der Waals surface area contributed by atoms with Gasteiger partial charge in [0.15, 0.2) is 0 Å². The lowest BCUT2D eigenvalue weighted by Gasteiger charge is -2.29. The van der Waals surface area contributed by atoms with Crippen LogP contribution in [0.25, 0.3) is 11.1 Å². The summed E-state index contributed by atoms with van der Waals surface area (Å²) in [5.74, 6) is 1.01. The molecule has 0 saturated carbocycles. The Labute approximate surface area is 192 Å². The van der Waals surface area contributed by atoms with E-state index in [-0.39, 0.29) is 17.2 Å². The summed E-state index contributed by atoms with van der Waals surface area (Å²) in [6.07, 6.45) is 1.79. The van der Waals surface area contributed by atoms with Crippen molar-refractivity contribution in [3.05, 3.63) is 54.1 Å². The normalized spacial score (nSPS) is 18.5. The first-order valence-corrected chi connectivity index (χ1v) is 11.5. The molecule has 1 N–H and O–H groups in total. The number of nitrogens with zero attached hydrogens (tertiary/aromatic N) is 1. The number of rotatable bonds is 7. The van der Waals surface area contributed by atoms with Gasteiger partial charge in [-0.05, 0) is 42.4 Å². The summed E-state index contributed by atoms with van der Waals surface area (Å²) < 4.78 is 5.49. The maximum Gasteiger partial charge on any atom is 0.228 e. The lowest BCUT2D eigenvalue weighted by molar-refractivity contribution is -0.134. The zero-order valence-corrected chi connectivity index (χ0v) is 20.0. The fourth-order valence-electron chi connectivity index (χ4n) is 4.48. The van der Waals surface area contributed by atoms with E-state index in [4.69, 9.17) is 4.74 Å². The minimum Gasteiger partial charge on any atom is -0.496 e. The molecule has 1 fully saturated rings. The molecule has 2 amide bonds. The summed E-state index contributed by atoms with van der Waals surface area (Å²) in [5, 5.41) is 3.02. The molecule has 0 bridgehead atoms. The second kappa shape index (κ2) is 9.76. The van der Waals surface area contributed by atoms with Gasteiger partial charge in [0.1, 0.15) is 5.75 Å². The van der Waals surface area contributed by atoms with E-state index in [0.29, 0.717) is 38.9 Å². The molecular weight excluding hydrogens is 400 g/mol. The van der Waals surface area contributed by atoms with Crippen LogP contribution in [-0.4, -0.2) is 43.5 Å². The summed E-state index contributed by atoms with van der Waals surface area (Å²) >= 11 is 0. The van der Waals surface area contributed by atoms with Crippen LogP contribution in [0.3, 0.4) is 0 Å². The van der Waals surface area contributed by atoms with Gasteiger partial charge in [0.2, 0.25) is 11.8 Å². The number of carbonyl (C=O) groups is 2. The van der Waals surface area contributed by atoms with Gasteiger partial charge in [0, 0.05) is 31.6 Å². The second-order valence-electron chi connectivity index (χ2n) is 10.0. The zero-order chi connectivity index (χ0) is 23.4. The minimum atomic E-state index is -0.588. The number of likely N-dealkylation sites (tertiary alicyclic amines) is 1. The molecule has 172 valence electrons. The van der Waals surface area contributed by atoms with E-state index in [1.54, 1.807) is 7.11 Å². The SMILES string of the molecule is CCNC(=O)[C@]1(Cc2ccc(-c3ccccc3OC)cc2)CCN(C(=O)CC(C)(C)C)C1. The lowest BCUT2D eigenvalue weighted by atomic mass is 9.79. The Balaban J connectivity index is 1.81. The Hall–Kier alpha value is -2.82. The summed E-state index contributed by atoms with van der Waals surface area (Å²) in [6.45, 7) is 9.84. The van der Waals surface area contributed by atoms with Crippen LogP contribution >= 0.6 is 0 Å². The molecule has 0 radical (unpaired) electrons. The molecule has 5 heteroatoms. The molecule has 3 rings (SSSR count). The van der Waals surface area contributed by atoms with Crippen LogP contribution in [0.4, 0.5) is 0 Å². The van der Waals surface area contributed by atoms with Gasteiger partial charge in [-0.3, -0.25) is 9.59 Å². The second-order valence-corrected chi connectivity index (χ2v) is 10.0. The molecular formula is C27H36N2O3. The van der Waals surface area contributed by atoms with Crippen molar-refractivity contribution in [2.24, 2.45) is 10.8 Å². The number of hydrogen-bond donors (Lipinski definition) is 1. The Kier molecular flexibility index (Phi) is 7.27. The van der Waals surface area contributed by atoms with E-state index in [2.05, 4.69) is 50.4 Å². The van der Waals surface area contributed by atoms with Gasteiger partial charge < -0.3 is 15.0 Å². The van der Waals surface area contributed by atoms with E-state index in [0.717, 1.165) is 22.4 Å². The molecule has 32 heavy (non-hydrogen) atoms. The van der Waals surface area contributed by atoms with Gasteiger partial charge in [-0.25, -0.2) is 0 Å². The van der Waals surface area contributed by atoms with Gasteiger partial charge in [0.25, 0.3) is 0 Å². The fourth-order valence-corrected chi connectivity index (χ4v) is 4.48. The first kappa shape index (κ1) is 23.8. The van der Waals surface area contributed by atoms with Crippen molar-refractivity contribution >= 4 is 11.8 Å². The van der Waals surface area contributed by atoms with Crippen molar-refractivity contribution < 1.29 is 14.3 Å². The van der Waals surface area contributed by atoms with Crippen molar-refractivity contribution in [3.63, 3.8) is 0 Å². The number of ether oxygens (including phenoxy) is 1. The van der Waals surface area contributed by atoms with Crippen molar-refractivity contribution in [2.45, 2.75) is 47.0 Å². The zero-order valence-electron chi connectivity index (χ0n) is 20.0. The van der Waals surface area contributed by atoms with Crippen LogP contribution in [0.5, 0.6) is 5.75 Å². The average Bonchev–Trinajstić information content (AvgIpc) is 3.19. The van der Waals surface area contributed by atoms with Crippen molar-refractivity contribution in [1.82, 2.24) is 10.2 Å². The molecule has 1 saturated heterocycles. The van der Waals surface area contributed by atoms with E-state index in [1.165, 1.54) is 0 Å². The number of amides is 2. The number of carbonyl (C=O) groups excluding carboxylic acids is 2. The maximum absolute atomic E-state index is 13.1. The van der Waals surface area contributed by atoms with Crippen LogP contribution in [0.2, 0.25) is 0 Å². The van der Waals surface area contributed by atoms with E-state index < -0.39 is 5.41 Å². The van der Waals surface area contributed by atoms with Crippen LogP contribution in [0, 0.1) is 10.8 Å². The summed E-state index contributed by atoms with van der Waals surface area (Å²) in [6, 6.07) is 16.3. The van der Waals surface area contributed by atoms with Crippen LogP contribution in [-0.2, 0) is 16.0 Å². The van der Waals surface area contributed by atoms with Gasteiger partial charge in [-0.1, -0.05) is 63.2 Å². The third kappa shape index (κ3) is 5.50. The highest BCUT2D eigenvalue weighted by atomic mass is 16.5. The Morgan fingerprint density at radius 3 is 2.41 bits per heavy atom. The molecule has 2 aromatic rings. The molecule has 1 atom stereocenters. The summed E-state index contributed by atoms with van der Waals surface area (Å²) in [4.78, 5) is 27.8. The molecule has 5 nitrogen and oxygen atoms in total. The highest BCUT2D eigenvalue weighted by molar-refractivity contribution is 5.86. The van der Waals surface area contributed by atoms with Crippen molar-refractivity contribution in [3.8, 4) is 16.9 Å². The monoisotopic (exact) mass is 436 g/mol. The molecule has 0 aromatic heterocycles. The molecule has 0 unspecified atom stereocenters. The van der Waals surface area contributed by atoms with E-state index >= 15 is 0 Å². The molecule has 2 aromatic carbocycles. The molecule has 1 heterocycles. The van der Waals surface area contributed by atoms with Gasteiger partial charge >= 0.3 is 0 Å². The quantitative estimate of drug-likeness (QED) is 0.685. The maximum atomic E-state index is 13.1. The standard InChI is InChI=1S/C27H36N2O3/c1-6-28-25(31)27(15-16-29(19-27)24(30)18-26(2,3)4)17-20-11-13-21(14-12-20)22-9-7-8-10-23(22)32-5/h7-14H,6,15-19H2,1-5H3,(H,28,31)/t27-/m0/s1. The fraction of sp³-hybridized carbons (Fsp3) is 0.481. The van der Waals surface area contributed by atoms with Crippen LogP contribution < -0.4 is 10.1 Å². The Morgan fingerprint density at radius 2 is 1.78 bits per heavy atom. The predicted molar refractivity (Wildman–Crippen MR) is 129 cm³/mol. The third-order valence-corrected chi connectivity index (χ3v) is 6.12. The number of para-hydroxylation sites is 1. The number of nitrogens with one attached hydrogen (secondary N) is 1. The van der Waals surface area contributed by atoms with Gasteiger partial charge in [-0.15, -0.1) is 0 Å². The lowest BCUT2D eigenvalue weighted by Crippen LogP contribution is -2.45. The topological polar surface area (TPSA) is 58.6 Å². The van der Waals surface area contributed by atoms with Crippen LogP contribution in [0.15, 0.2) is 48.5 Å². The first-order chi connectivity index (χ1) is 15.2. The largest absolute Gasteiger partial charge is 0.496 e.